The molecular weight excluding hydrogens is 358 g/mol. The number of nitrogens with zero attached hydrogens (tertiary/aromatic N) is 4. The van der Waals surface area contributed by atoms with Crippen LogP contribution in [0.5, 0.6) is 0 Å². The molecule has 7 nitrogen and oxygen atoms in total. The van der Waals surface area contributed by atoms with E-state index in [2.05, 4.69) is 51.5 Å². The third-order valence-electron chi connectivity index (χ3n) is 3.89. The Morgan fingerprint density at radius 2 is 1.93 bits per heavy atom. The van der Waals surface area contributed by atoms with Gasteiger partial charge in [0.2, 0.25) is 0 Å². The van der Waals surface area contributed by atoms with Crippen LogP contribution in [-0.2, 0) is 0 Å². The van der Waals surface area contributed by atoms with Crippen LogP contribution in [0.4, 0.5) is 11.6 Å². The summed E-state index contributed by atoms with van der Waals surface area (Å²) in [5, 5.41) is 4.37. The van der Waals surface area contributed by atoms with Crippen LogP contribution in [-0.4, -0.2) is 27.5 Å². The molecule has 0 aliphatic heterocycles. The summed E-state index contributed by atoms with van der Waals surface area (Å²) >= 11 is 1.59. The first-order valence-electron chi connectivity index (χ1n) is 8.81. The number of benzene rings is 1. The fourth-order valence-electron chi connectivity index (χ4n) is 2.54. The van der Waals surface area contributed by atoms with Crippen LogP contribution in [0.2, 0.25) is 0 Å². The lowest BCUT2D eigenvalue weighted by Crippen LogP contribution is -2.22. The van der Waals surface area contributed by atoms with E-state index >= 15 is 0 Å². The van der Waals surface area contributed by atoms with Crippen LogP contribution in [0, 0.1) is 6.92 Å². The van der Waals surface area contributed by atoms with E-state index in [9.17, 15) is 0 Å². The van der Waals surface area contributed by atoms with Crippen molar-refractivity contribution in [2.75, 3.05) is 11.9 Å². The molecule has 8 heteroatoms. The topological polar surface area (TPSA) is 115 Å². The Morgan fingerprint density at radius 1 is 1.15 bits per heavy atom. The molecule has 0 unspecified atom stereocenters. The first-order valence-corrected chi connectivity index (χ1v) is 9.63. The number of anilines is 1. The summed E-state index contributed by atoms with van der Waals surface area (Å²) in [7, 11) is 0. The molecule has 0 amide bonds. The number of aromatic nitrogens is 3. The number of unbranched alkanes of at least 4 members (excludes halogenated alkanes) is 1. The molecule has 5 N–H and O–H groups in total. The number of rotatable bonds is 7. The van der Waals surface area contributed by atoms with E-state index < -0.39 is 0 Å². The summed E-state index contributed by atoms with van der Waals surface area (Å²) in [6.45, 7) is 5.14. The van der Waals surface area contributed by atoms with Crippen LogP contribution in [0.15, 0.2) is 41.5 Å². The van der Waals surface area contributed by atoms with Gasteiger partial charge in [-0.3, -0.25) is 0 Å². The van der Waals surface area contributed by atoms with Gasteiger partial charge in [0.15, 0.2) is 5.96 Å². The summed E-state index contributed by atoms with van der Waals surface area (Å²) in [4.78, 5) is 18.1. The molecule has 0 bridgehead atoms. The normalized spacial score (nSPS) is 10.6. The predicted molar refractivity (Wildman–Crippen MR) is 112 cm³/mol. The highest BCUT2D eigenvalue weighted by atomic mass is 32.1. The highest BCUT2D eigenvalue weighted by Gasteiger charge is 2.13. The molecule has 1 aromatic carbocycles. The number of aliphatic imine (C=N–C) groups is 1. The largest absolute Gasteiger partial charge is 0.385 e. The number of hydrogen-bond donors (Lipinski definition) is 3. The van der Waals surface area contributed by atoms with Gasteiger partial charge < -0.3 is 16.8 Å². The Bertz CT molecular complexity index is 927. The number of guanidine groups is 1. The molecular formula is C19H23N7S. The van der Waals surface area contributed by atoms with E-state index in [1.165, 1.54) is 6.42 Å². The first kappa shape index (κ1) is 18.8. The standard InChI is InChI=1S/C19H23N7S/c1-3-4-10-22-14-7-5-13(6-8-14)17-24-12(2)16(27-17)15-9-11-23-19(25-15)26-18(20)21/h5-9,11,22H,3-4,10H2,1-2H3,(H4,20,21,23,25,26). The van der Waals surface area contributed by atoms with E-state index in [1.54, 1.807) is 17.5 Å². The fraction of sp³-hybridized carbons (Fsp3) is 0.263. The quantitative estimate of drug-likeness (QED) is 0.326. The number of nitrogens with two attached hydrogens (primary N) is 2. The smallest absolute Gasteiger partial charge is 0.253 e. The average molecular weight is 382 g/mol. The lowest BCUT2D eigenvalue weighted by molar-refractivity contribution is 0.834. The van der Waals surface area contributed by atoms with Gasteiger partial charge in [0.1, 0.15) is 5.01 Å². The second-order valence-electron chi connectivity index (χ2n) is 6.07. The van der Waals surface area contributed by atoms with E-state index in [0.717, 1.165) is 45.5 Å². The van der Waals surface area contributed by atoms with Gasteiger partial charge in [-0.1, -0.05) is 13.3 Å². The van der Waals surface area contributed by atoms with Crippen molar-refractivity contribution in [1.82, 2.24) is 15.0 Å². The van der Waals surface area contributed by atoms with Crippen molar-refractivity contribution in [3.63, 3.8) is 0 Å². The molecule has 0 saturated heterocycles. The summed E-state index contributed by atoms with van der Waals surface area (Å²) in [6, 6.07) is 10.2. The molecule has 0 spiro atoms. The lowest BCUT2D eigenvalue weighted by Gasteiger charge is -2.05. The molecule has 3 aromatic rings. The van der Waals surface area contributed by atoms with Gasteiger partial charge >= 0.3 is 0 Å². The van der Waals surface area contributed by atoms with Crippen molar-refractivity contribution < 1.29 is 0 Å². The summed E-state index contributed by atoms with van der Waals surface area (Å²) in [5.41, 5.74) is 14.7. The SMILES string of the molecule is CCCCNc1ccc(-c2nc(C)c(-c3ccnc(N=C(N)N)n3)s2)cc1. The van der Waals surface area contributed by atoms with Gasteiger partial charge in [-0.05, 0) is 43.7 Å². The van der Waals surface area contributed by atoms with Gasteiger partial charge in [-0.25, -0.2) is 15.0 Å². The maximum Gasteiger partial charge on any atom is 0.253 e. The summed E-state index contributed by atoms with van der Waals surface area (Å²) in [6.07, 6.45) is 3.98. The molecule has 0 saturated carbocycles. The van der Waals surface area contributed by atoms with E-state index in [1.807, 2.05) is 13.0 Å². The molecule has 2 aromatic heterocycles. The second kappa shape index (κ2) is 8.59. The van der Waals surface area contributed by atoms with Gasteiger partial charge in [0.25, 0.3) is 5.95 Å². The van der Waals surface area contributed by atoms with Gasteiger partial charge in [0.05, 0.1) is 16.3 Å². The van der Waals surface area contributed by atoms with Crippen LogP contribution >= 0.6 is 11.3 Å². The fourth-order valence-corrected chi connectivity index (χ4v) is 3.58. The summed E-state index contributed by atoms with van der Waals surface area (Å²) in [5.74, 6) is 0.172. The molecule has 0 radical (unpaired) electrons. The highest BCUT2D eigenvalue weighted by Crippen LogP contribution is 2.34. The van der Waals surface area contributed by atoms with Gasteiger partial charge in [-0.2, -0.15) is 4.99 Å². The average Bonchev–Trinajstić information content (AvgIpc) is 3.04. The third kappa shape index (κ3) is 4.79. The zero-order valence-corrected chi connectivity index (χ0v) is 16.3. The molecule has 0 aliphatic carbocycles. The van der Waals surface area contributed by atoms with Gasteiger partial charge in [0, 0.05) is 24.0 Å². The number of aryl methyl sites for hydroxylation is 1. The predicted octanol–water partition coefficient (Wildman–Crippen LogP) is 3.69. The third-order valence-corrected chi connectivity index (χ3v) is 5.12. The lowest BCUT2D eigenvalue weighted by atomic mass is 10.2. The van der Waals surface area contributed by atoms with Crippen LogP contribution in [0.1, 0.15) is 25.5 Å². The molecule has 3 rings (SSSR count). The minimum atomic E-state index is -0.0681. The van der Waals surface area contributed by atoms with Crippen LogP contribution in [0.3, 0.4) is 0 Å². The molecule has 140 valence electrons. The molecule has 0 aliphatic rings. The van der Waals surface area contributed by atoms with Crippen LogP contribution in [0.25, 0.3) is 21.1 Å². The molecule has 0 fully saturated rings. The maximum absolute atomic E-state index is 5.41. The zero-order valence-electron chi connectivity index (χ0n) is 15.4. The monoisotopic (exact) mass is 381 g/mol. The Labute approximate surface area is 162 Å². The number of thiazole rings is 1. The Hall–Kier alpha value is -3.00. The minimum Gasteiger partial charge on any atom is -0.385 e. The number of hydrogen-bond acceptors (Lipinski definition) is 6. The molecule has 27 heavy (non-hydrogen) atoms. The van der Waals surface area contributed by atoms with Crippen molar-refractivity contribution >= 4 is 28.9 Å². The molecule has 0 atom stereocenters. The second-order valence-corrected chi connectivity index (χ2v) is 7.07. The molecule has 2 heterocycles. The van der Waals surface area contributed by atoms with E-state index in [0.29, 0.717) is 0 Å². The van der Waals surface area contributed by atoms with Gasteiger partial charge in [-0.15, -0.1) is 11.3 Å². The Morgan fingerprint density at radius 3 is 2.63 bits per heavy atom. The van der Waals surface area contributed by atoms with Crippen LogP contribution < -0.4 is 16.8 Å². The first-order chi connectivity index (χ1) is 13.1. The van der Waals surface area contributed by atoms with E-state index in [4.69, 9.17) is 16.5 Å². The maximum atomic E-state index is 5.41. The Balaban J connectivity index is 1.83. The minimum absolute atomic E-state index is 0.0681. The van der Waals surface area contributed by atoms with Crippen molar-refractivity contribution in [3.05, 3.63) is 42.2 Å². The highest BCUT2D eigenvalue weighted by molar-refractivity contribution is 7.18. The van der Waals surface area contributed by atoms with E-state index in [-0.39, 0.29) is 11.9 Å². The van der Waals surface area contributed by atoms with Crippen molar-refractivity contribution in [2.45, 2.75) is 26.7 Å². The van der Waals surface area contributed by atoms with Crippen molar-refractivity contribution in [1.29, 1.82) is 0 Å². The zero-order chi connectivity index (χ0) is 19.2. The Kier molecular flexibility index (Phi) is 5.97. The summed E-state index contributed by atoms with van der Waals surface area (Å²) < 4.78 is 0. The number of nitrogens with one attached hydrogen (secondary N) is 1. The van der Waals surface area contributed by atoms with Crippen molar-refractivity contribution in [2.24, 2.45) is 16.5 Å². The van der Waals surface area contributed by atoms with Crippen molar-refractivity contribution in [3.8, 4) is 21.1 Å².